The van der Waals surface area contributed by atoms with Gasteiger partial charge in [-0.25, -0.2) is 4.79 Å². The average molecular weight is 255 g/mol. The highest BCUT2D eigenvalue weighted by atomic mass is 35.5. The van der Waals surface area contributed by atoms with Gasteiger partial charge in [-0.1, -0.05) is 17.7 Å². The monoisotopic (exact) mass is 254 g/mol. The molecule has 92 valence electrons. The third-order valence-electron chi connectivity index (χ3n) is 2.71. The van der Waals surface area contributed by atoms with E-state index in [1.54, 1.807) is 12.1 Å². The Morgan fingerprint density at radius 1 is 1.53 bits per heavy atom. The Kier molecular flexibility index (Phi) is 3.86. The van der Waals surface area contributed by atoms with Crippen LogP contribution in [0.25, 0.3) is 0 Å². The van der Waals surface area contributed by atoms with Crippen LogP contribution in [0, 0.1) is 6.92 Å². The van der Waals surface area contributed by atoms with Gasteiger partial charge >= 0.3 is 6.03 Å². The van der Waals surface area contributed by atoms with E-state index in [-0.39, 0.29) is 12.1 Å². The Labute approximate surface area is 105 Å². The van der Waals surface area contributed by atoms with Crippen LogP contribution < -0.4 is 10.6 Å². The van der Waals surface area contributed by atoms with E-state index in [1.807, 2.05) is 13.0 Å². The number of hydrogen-bond acceptors (Lipinski definition) is 2. The molecule has 1 atom stereocenters. The van der Waals surface area contributed by atoms with Crippen molar-refractivity contribution in [1.29, 1.82) is 0 Å². The van der Waals surface area contributed by atoms with Crippen LogP contribution in [0.15, 0.2) is 18.2 Å². The number of rotatable bonds is 2. The Bertz CT molecular complexity index is 417. The molecule has 2 N–H and O–H groups in total. The minimum Gasteiger partial charge on any atom is -0.379 e. The summed E-state index contributed by atoms with van der Waals surface area (Å²) in [6, 6.07) is 5.30. The number of anilines is 1. The molecular formula is C12H15ClN2O2. The number of nitrogens with one attached hydrogen (secondary N) is 2. The number of hydrogen-bond donors (Lipinski definition) is 2. The van der Waals surface area contributed by atoms with Gasteiger partial charge in [-0.3, -0.25) is 0 Å². The number of carbonyl (C=O) groups is 1. The van der Waals surface area contributed by atoms with Crippen molar-refractivity contribution in [3.63, 3.8) is 0 Å². The molecule has 0 spiro atoms. The van der Waals surface area contributed by atoms with Gasteiger partial charge in [0.25, 0.3) is 0 Å². The quantitative estimate of drug-likeness (QED) is 0.852. The molecule has 1 heterocycles. The molecule has 1 saturated heterocycles. The van der Waals surface area contributed by atoms with E-state index in [4.69, 9.17) is 16.3 Å². The fourth-order valence-corrected chi connectivity index (χ4v) is 1.89. The lowest BCUT2D eigenvalue weighted by molar-refractivity contribution is 0.189. The lowest BCUT2D eigenvalue weighted by Crippen LogP contribution is -2.38. The van der Waals surface area contributed by atoms with Gasteiger partial charge < -0.3 is 15.4 Å². The van der Waals surface area contributed by atoms with Crippen molar-refractivity contribution in [3.8, 4) is 0 Å². The summed E-state index contributed by atoms with van der Waals surface area (Å²) < 4.78 is 5.19. The first-order chi connectivity index (χ1) is 8.15. The van der Waals surface area contributed by atoms with E-state index in [1.165, 1.54) is 0 Å². The van der Waals surface area contributed by atoms with E-state index in [2.05, 4.69) is 10.6 Å². The lowest BCUT2D eigenvalue weighted by Gasteiger charge is -2.13. The zero-order chi connectivity index (χ0) is 12.3. The van der Waals surface area contributed by atoms with Crippen LogP contribution in [0.5, 0.6) is 0 Å². The minimum absolute atomic E-state index is 0.106. The molecule has 17 heavy (non-hydrogen) atoms. The van der Waals surface area contributed by atoms with Crippen molar-refractivity contribution < 1.29 is 9.53 Å². The summed E-state index contributed by atoms with van der Waals surface area (Å²) in [7, 11) is 0. The zero-order valence-corrected chi connectivity index (χ0v) is 10.4. The number of benzene rings is 1. The van der Waals surface area contributed by atoms with Crippen LogP contribution >= 0.6 is 11.6 Å². The van der Waals surface area contributed by atoms with E-state index in [0.717, 1.165) is 17.7 Å². The predicted molar refractivity (Wildman–Crippen MR) is 67.6 cm³/mol. The Balaban J connectivity index is 1.95. The molecule has 1 aromatic rings. The molecule has 1 aromatic carbocycles. The topological polar surface area (TPSA) is 50.4 Å². The highest BCUT2D eigenvalue weighted by molar-refractivity contribution is 6.31. The van der Waals surface area contributed by atoms with Crippen molar-refractivity contribution in [3.05, 3.63) is 28.8 Å². The third kappa shape index (κ3) is 3.35. The molecule has 2 amide bonds. The van der Waals surface area contributed by atoms with Gasteiger partial charge in [0.05, 0.1) is 12.6 Å². The summed E-state index contributed by atoms with van der Waals surface area (Å²) in [4.78, 5) is 11.7. The molecule has 1 aliphatic heterocycles. The number of ether oxygens (including phenoxy) is 1. The van der Waals surface area contributed by atoms with Crippen LogP contribution in [0.3, 0.4) is 0 Å². The first-order valence-corrected chi connectivity index (χ1v) is 5.94. The maximum Gasteiger partial charge on any atom is 0.319 e. The molecule has 1 unspecified atom stereocenters. The van der Waals surface area contributed by atoms with Gasteiger partial charge in [-0.15, -0.1) is 0 Å². The summed E-state index contributed by atoms with van der Waals surface area (Å²) in [6.45, 7) is 3.22. The fourth-order valence-electron chi connectivity index (χ4n) is 1.72. The molecule has 0 saturated carbocycles. The van der Waals surface area contributed by atoms with Crippen LogP contribution in [0.4, 0.5) is 10.5 Å². The van der Waals surface area contributed by atoms with Gasteiger partial charge in [0.2, 0.25) is 0 Å². The van der Waals surface area contributed by atoms with E-state index in [9.17, 15) is 4.79 Å². The number of halogens is 1. The third-order valence-corrected chi connectivity index (χ3v) is 2.95. The lowest BCUT2D eigenvalue weighted by atomic mass is 10.2. The standard InChI is InChI=1S/C12H15ClN2O2/c1-8-2-3-9(13)6-11(8)15-12(16)14-10-4-5-17-7-10/h2-3,6,10H,4-5,7H2,1H3,(H2,14,15,16). The van der Waals surface area contributed by atoms with Gasteiger partial charge in [-0.2, -0.15) is 0 Å². The molecule has 5 heteroatoms. The molecule has 0 radical (unpaired) electrons. The van der Waals surface area contributed by atoms with E-state index < -0.39 is 0 Å². The molecule has 1 fully saturated rings. The summed E-state index contributed by atoms with van der Waals surface area (Å²) in [5, 5.41) is 6.25. The molecular weight excluding hydrogens is 240 g/mol. The highest BCUT2D eigenvalue weighted by Gasteiger charge is 2.17. The maximum atomic E-state index is 11.7. The number of amides is 2. The van der Waals surface area contributed by atoms with Crippen LogP contribution in [0.1, 0.15) is 12.0 Å². The Morgan fingerprint density at radius 3 is 3.06 bits per heavy atom. The van der Waals surface area contributed by atoms with Crippen molar-refractivity contribution in [1.82, 2.24) is 5.32 Å². The highest BCUT2D eigenvalue weighted by Crippen LogP contribution is 2.20. The van der Waals surface area contributed by atoms with Gasteiger partial charge in [0, 0.05) is 17.3 Å². The van der Waals surface area contributed by atoms with Crippen molar-refractivity contribution in [2.45, 2.75) is 19.4 Å². The fraction of sp³-hybridized carbons (Fsp3) is 0.417. The molecule has 0 aliphatic carbocycles. The number of carbonyl (C=O) groups excluding carboxylic acids is 1. The smallest absolute Gasteiger partial charge is 0.319 e. The summed E-state index contributed by atoms with van der Waals surface area (Å²) in [6.07, 6.45) is 0.863. The second kappa shape index (κ2) is 5.38. The molecule has 0 aromatic heterocycles. The van der Waals surface area contributed by atoms with E-state index >= 15 is 0 Å². The second-order valence-electron chi connectivity index (χ2n) is 4.12. The largest absolute Gasteiger partial charge is 0.379 e. The number of aryl methyl sites for hydroxylation is 1. The van der Waals surface area contributed by atoms with Crippen LogP contribution in [0.2, 0.25) is 5.02 Å². The Hall–Kier alpha value is -1.26. The summed E-state index contributed by atoms with van der Waals surface area (Å²) in [5.41, 5.74) is 1.71. The average Bonchev–Trinajstić information content (AvgIpc) is 2.76. The minimum atomic E-state index is -0.217. The maximum absolute atomic E-state index is 11.7. The molecule has 1 aliphatic rings. The van der Waals surface area contributed by atoms with Crippen LogP contribution in [-0.2, 0) is 4.74 Å². The molecule has 0 bridgehead atoms. The van der Waals surface area contributed by atoms with Crippen LogP contribution in [-0.4, -0.2) is 25.3 Å². The molecule has 2 rings (SSSR count). The van der Waals surface area contributed by atoms with E-state index in [0.29, 0.717) is 18.2 Å². The Morgan fingerprint density at radius 2 is 2.35 bits per heavy atom. The second-order valence-corrected chi connectivity index (χ2v) is 4.55. The van der Waals surface area contributed by atoms with Crippen molar-refractivity contribution in [2.75, 3.05) is 18.5 Å². The van der Waals surface area contributed by atoms with Crippen molar-refractivity contribution >= 4 is 23.3 Å². The van der Waals surface area contributed by atoms with Gasteiger partial charge in [0.15, 0.2) is 0 Å². The summed E-state index contributed by atoms with van der Waals surface area (Å²) in [5.74, 6) is 0. The first-order valence-electron chi connectivity index (χ1n) is 5.56. The SMILES string of the molecule is Cc1ccc(Cl)cc1NC(=O)NC1CCOC1. The van der Waals surface area contributed by atoms with Gasteiger partial charge in [0.1, 0.15) is 0 Å². The molecule has 4 nitrogen and oxygen atoms in total. The van der Waals surface area contributed by atoms with Gasteiger partial charge in [-0.05, 0) is 31.0 Å². The van der Waals surface area contributed by atoms with Crippen molar-refractivity contribution in [2.24, 2.45) is 0 Å². The summed E-state index contributed by atoms with van der Waals surface area (Å²) >= 11 is 5.88. The first kappa shape index (κ1) is 12.2. The number of urea groups is 1. The predicted octanol–water partition coefficient (Wildman–Crippen LogP) is 2.56. The normalized spacial score (nSPS) is 19.1. The zero-order valence-electron chi connectivity index (χ0n) is 9.63.